The van der Waals surface area contributed by atoms with Crippen molar-refractivity contribution in [2.24, 2.45) is 0 Å². The molecule has 2 N–H and O–H groups in total. The van der Waals surface area contributed by atoms with E-state index < -0.39 is 21.8 Å². The zero-order chi connectivity index (χ0) is 22.9. The van der Waals surface area contributed by atoms with E-state index in [1.807, 2.05) is 0 Å². The molecule has 4 aromatic rings. The quantitative estimate of drug-likeness (QED) is 0.426. The van der Waals surface area contributed by atoms with Crippen molar-refractivity contribution in [2.75, 3.05) is 11.0 Å². The Morgan fingerprint density at radius 1 is 0.969 bits per heavy atom. The summed E-state index contributed by atoms with van der Waals surface area (Å²) in [5, 5.41) is 0. The fourth-order valence-corrected chi connectivity index (χ4v) is 3.74. The lowest BCUT2D eigenvalue weighted by atomic mass is 10.0. The molecule has 9 heteroatoms. The molecule has 0 bridgehead atoms. The van der Waals surface area contributed by atoms with Gasteiger partial charge < -0.3 is 4.98 Å². The summed E-state index contributed by atoms with van der Waals surface area (Å²) in [6.45, 7) is 0. The molecule has 0 saturated carbocycles. The predicted octanol–water partition coefficient (Wildman–Crippen LogP) is 5.02. The maximum absolute atomic E-state index is 12.9. The van der Waals surface area contributed by atoms with Gasteiger partial charge in [-0.1, -0.05) is 36.3 Å². The molecule has 0 radical (unpaired) electrons. The van der Waals surface area contributed by atoms with Crippen LogP contribution >= 0.6 is 0 Å². The van der Waals surface area contributed by atoms with Crippen molar-refractivity contribution in [3.05, 3.63) is 83.7 Å². The lowest BCUT2D eigenvalue weighted by Gasteiger charge is -2.10. The number of imidazole rings is 1. The van der Waals surface area contributed by atoms with Gasteiger partial charge in [-0.3, -0.25) is 4.72 Å². The fraction of sp³-hybridized carbons (Fsp3) is 0.0870. The molecule has 0 unspecified atom stereocenters. The summed E-state index contributed by atoms with van der Waals surface area (Å²) in [5.74, 6) is 5.75. The molecule has 0 saturated heterocycles. The van der Waals surface area contributed by atoms with E-state index >= 15 is 0 Å². The Balaban J connectivity index is 1.67. The fourth-order valence-electron chi connectivity index (χ4n) is 3.16. The van der Waals surface area contributed by atoms with Crippen LogP contribution < -0.4 is 4.72 Å². The predicted molar refractivity (Wildman–Crippen MR) is 117 cm³/mol. The highest BCUT2D eigenvalue weighted by Crippen LogP contribution is 2.31. The summed E-state index contributed by atoms with van der Waals surface area (Å²) >= 11 is 0. The number of nitrogens with one attached hydrogen (secondary N) is 2. The van der Waals surface area contributed by atoms with Gasteiger partial charge in [-0.2, -0.15) is 13.2 Å². The molecule has 0 spiro atoms. The molecule has 1 aromatic heterocycles. The standard InChI is InChI=1S/C23H16F3N3O2S/c1-32(30,31)29-19-8-3-2-7-18(19)16-10-11-20-21(14-16)28-22(27-20)12-9-15-5-4-6-17(13-15)23(24,25)26/h2-8,10-11,13-14,29H,1H3,(H,27,28). The number of aromatic amines is 1. The van der Waals surface area contributed by atoms with Gasteiger partial charge in [0, 0.05) is 11.1 Å². The lowest BCUT2D eigenvalue weighted by molar-refractivity contribution is -0.137. The monoisotopic (exact) mass is 455 g/mol. The van der Waals surface area contributed by atoms with Gasteiger partial charge in [0.1, 0.15) is 0 Å². The van der Waals surface area contributed by atoms with E-state index in [4.69, 9.17) is 0 Å². The van der Waals surface area contributed by atoms with E-state index in [0.717, 1.165) is 24.0 Å². The summed E-state index contributed by atoms with van der Waals surface area (Å²) < 4.78 is 64.4. The number of hydrogen-bond acceptors (Lipinski definition) is 3. The van der Waals surface area contributed by atoms with Gasteiger partial charge >= 0.3 is 6.18 Å². The van der Waals surface area contributed by atoms with Crippen molar-refractivity contribution < 1.29 is 21.6 Å². The molecule has 0 atom stereocenters. The Bertz CT molecular complexity index is 1480. The van der Waals surface area contributed by atoms with Crippen LogP contribution in [-0.4, -0.2) is 24.6 Å². The second-order valence-electron chi connectivity index (χ2n) is 7.07. The summed E-state index contributed by atoms with van der Waals surface area (Å²) in [4.78, 5) is 7.40. The van der Waals surface area contributed by atoms with Gasteiger partial charge in [0.15, 0.2) is 5.82 Å². The number of fused-ring (bicyclic) bond motifs is 1. The molecule has 162 valence electrons. The second-order valence-corrected chi connectivity index (χ2v) is 8.81. The summed E-state index contributed by atoms with van der Waals surface area (Å²) in [6.07, 6.45) is -3.35. The van der Waals surface area contributed by atoms with E-state index in [0.29, 0.717) is 28.1 Å². The third-order valence-electron chi connectivity index (χ3n) is 4.53. The van der Waals surface area contributed by atoms with Crippen molar-refractivity contribution >= 4 is 26.7 Å². The van der Waals surface area contributed by atoms with Gasteiger partial charge in [-0.05, 0) is 47.9 Å². The SMILES string of the molecule is CS(=O)(=O)Nc1ccccc1-c1ccc2nc(C#Cc3cccc(C(F)(F)F)c3)[nH]c2c1. The molecule has 0 aliphatic carbocycles. The maximum Gasteiger partial charge on any atom is 0.416 e. The molecule has 0 aliphatic rings. The lowest BCUT2D eigenvalue weighted by Crippen LogP contribution is -2.10. The van der Waals surface area contributed by atoms with Crippen LogP contribution in [0.1, 0.15) is 17.0 Å². The zero-order valence-electron chi connectivity index (χ0n) is 16.7. The summed E-state index contributed by atoms with van der Waals surface area (Å²) in [6, 6.07) is 17.1. The van der Waals surface area contributed by atoms with Gasteiger partial charge in [-0.15, -0.1) is 0 Å². The van der Waals surface area contributed by atoms with Crippen LogP contribution in [0.2, 0.25) is 0 Å². The van der Waals surface area contributed by atoms with E-state index in [-0.39, 0.29) is 5.56 Å². The van der Waals surface area contributed by atoms with Gasteiger partial charge in [-0.25, -0.2) is 13.4 Å². The molecule has 0 aliphatic heterocycles. The minimum atomic E-state index is -4.43. The topological polar surface area (TPSA) is 74.8 Å². The second kappa shape index (κ2) is 8.05. The molecule has 32 heavy (non-hydrogen) atoms. The first-order valence-corrected chi connectivity index (χ1v) is 11.2. The molecule has 1 heterocycles. The van der Waals surface area contributed by atoms with Crippen molar-refractivity contribution in [2.45, 2.75) is 6.18 Å². The number of anilines is 1. The largest absolute Gasteiger partial charge is 0.416 e. The average Bonchev–Trinajstić information content (AvgIpc) is 3.13. The molecular formula is C23H16F3N3O2S. The van der Waals surface area contributed by atoms with Crippen LogP contribution in [-0.2, 0) is 16.2 Å². The number of aromatic nitrogens is 2. The minimum absolute atomic E-state index is 0.224. The van der Waals surface area contributed by atoms with E-state index in [9.17, 15) is 21.6 Å². The number of H-pyrrole nitrogens is 1. The Morgan fingerprint density at radius 3 is 2.50 bits per heavy atom. The van der Waals surface area contributed by atoms with Crippen molar-refractivity contribution in [3.8, 4) is 23.0 Å². The summed E-state index contributed by atoms with van der Waals surface area (Å²) in [7, 11) is -3.45. The molecule has 0 fully saturated rings. The van der Waals surface area contributed by atoms with Crippen LogP contribution in [0.25, 0.3) is 22.2 Å². The maximum atomic E-state index is 12.9. The van der Waals surface area contributed by atoms with Crippen molar-refractivity contribution in [1.29, 1.82) is 0 Å². The van der Waals surface area contributed by atoms with Gasteiger partial charge in [0.2, 0.25) is 10.0 Å². The first-order valence-electron chi connectivity index (χ1n) is 9.35. The highest BCUT2D eigenvalue weighted by atomic mass is 32.2. The first kappa shape index (κ1) is 21.5. The van der Waals surface area contributed by atoms with Crippen LogP contribution in [0.5, 0.6) is 0 Å². The highest BCUT2D eigenvalue weighted by molar-refractivity contribution is 7.92. The van der Waals surface area contributed by atoms with Crippen LogP contribution in [0.3, 0.4) is 0 Å². The van der Waals surface area contributed by atoms with Gasteiger partial charge in [0.25, 0.3) is 0 Å². The number of alkyl halides is 3. The number of hydrogen-bond donors (Lipinski definition) is 2. The average molecular weight is 455 g/mol. The number of benzene rings is 3. The zero-order valence-corrected chi connectivity index (χ0v) is 17.5. The molecular weight excluding hydrogens is 439 g/mol. The Morgan fingerprint density at radius 2 is 1.75 bits per heavy atom. The Hall–Kier alpha value is -3.77. The first-order chi connectivity index (χ1) is 15.1. The third-order valence-corrected chi connectivity index (χ3v) is 5.12. The Labute approximate surface area is 182 Å². The summed E-state index contributed by atoms with van der Waals surface area (Å²) in [5.41, 5.74) is 2.62. The number of sulfonamides is 1. The van der Waals surface area contributed by atoms with Crippen molar-refractivity contribution in [3.63, 3.8) is 0 Å². The van der Waals surface area contributed by atoms with Crippen molar-refractivity contribution in [1.82, 2.24) is 9.97 Å². The molecule has 5 nitrogen and oxygen atoms in total. The van der Waals surface area contributed by atoms with Crippen LogP contribution in [0.4, 0.5) is 18.9 Å². The van der Waals surface area contributed by atoms with E-state index in [1.165, 1.54) is 12.1 Å². The van der Waals surface area contributed by atoms with Gasteiger partial charge in [0.05, 0.1) is 28.5 Å². The van der Waals surface area contributed by atoms with E-state index in [2.05, 4.69) is 26.5 Å². The smallest absolute Gasteiger partial charge is 0.331 e. The van der Waals surface area contributed by atoms with Crippen LogP contribution in [0.15, 0.2) is 66.7 Å². The third kappa shape index (κ3) is 4.92. The normalized spacial score (nSPS) is 11.8. The number of nitrogens with zero attached hydrogens (tertiary/aromatic N) is 1. The minimum Gasteiger partial charge on any atom is -0.331 e. The van der Waals surface area contributed by atoms with E-state index in [1.54, 1.807) is 42.5 Å². The number of para-hydroxylation sites is 1. The molecule has 0 amide bonds. The number of rotatable bonds is 3. The number of halogens is 3. The highest BCUT2D eigenvalue weighted by Gasteiger charge is 2.30. The Kier molecular flexibility index (Phi) is 5.40. The molecule has 4 rings (SSSR count). The molecule has 3 aromatic carbocycles. The van der Waals surface area contributed by atoms with Crippen LogP contribution in [0, 0.1) is 11.8 Å².